The second kappa shape index (κ2) is 8.99. The second-order valence-electron chi connectivity index (χ2n) is 5.44. The molecule has 0 fully saturated rings. The van der Waals surface area contributed by atoms with Crippen LogP contribution in [0.25, 0.3) is 6.08 Å². The Morgan fingerprint density at radius 3 is 2.09 bits per heavy atom. The van der Waals surface area contributed by atoms with Gasteiger partial charge in [0.05, 0.1) is 12.7 Å². The molecule has 6 nitrogen and oxygen atoms in total. The maximum atomic E-state index is 9.91. The molecule has 0 bridgehead atoms. The Balaban J connectivity index is 2.52. The molecule has 0 aromatic heterocycles. The van der Waals surface area contributed by atoms with E-state index in [1.54, 1.807) is 18.0 Å². The van der Waals surface area contributed by atoms with Crippen LogP contribution in [0, 0.1) is 0 Å². The predicted molar refractivity (Wildman–Crippen MR) is 84.0 cm³/mol. The molecule has 1 aromatic rings. The van der Waals surface area contributed by atoms with Crippen LogP contribution in [0.4, 0.5) is 0 Å². The maximum absolute atomic E-state index is 9.91. The van der Waals surface area contributed by atoms with E-state index in [1.165, 1.54) is 0 Å². The standard InChI is InChI=1S/C16H25NO5/c1-3-11-4-6-12(7-5-11)8-17(2)9-13(19)15(21)16(22)14(20)10-18/h3-7,13-16,18-22H,1,8-10H2,2H3/t13-,14+,15+,16+/m0/s1. The van der Waals surface area contributed by atoms with Crippen molar-refractivity contribution >= 4 is 6.08 Å². The minimum absolute atomic E-state index is 0.111. The third-order valence-corrected chi connectivity index (χ3v) is 3.49. The zero-order valence-electron chi connectivity index (χ0n) is 12.7. The predicted octanol–water partition coefficient (Wildman–Crippen LogP) is -0.803. The minimum Gasteiger partial charge on any atom is -0.394 e. The van der Waals surface area contributed by atoms with Gasteiger partial charge in [-0.2, -0.15) is 0 Å². The molecule has 124 valence electrons. The zero-order valence-corrected chi connectivity index (χ0v) is 12.7. The Bertz CT molecular complexity index is 450. The van der Waals surface area contributed by atoms with Crippen molar-refractivity contribution in [3.05, 3.63) is 42.0 Å². The molecule has 0 aliphatic carbocycles. The molecule has 0 radical (unpaired) electrons. The highest BCUT2D eigenvalue weighted by Gasteiger charge is 2.30. The van der Waals surface area contributed by atoms with E-state index < -0.39 is 31.0 Å². The van der Waals surface area contributed by atoms with Gasteiger partial charge < -0.3 is 25.5 Å². The van der Waals surface area contributed by atoms with E-state index in [4.69, 9.17) is 5.11 Å². The SMILES string of the molecule is C=Cc1ccc(CN(C)C[C@H](O)[C@@H](O)[C@H](O)[C@H](O)CO)cc1. The third-order valence-electron chi connectivity index (χ3n) is 3.49. The van der Waals surface area contributed by atoms with Crippen molar-refractivity contribution in [2.45, 2.75) is 31.0 Å². The van der Waals surface area contributed by atoms with Crippen LogP contribution in [0.3, 0.4) is 0 Å². The van der Waals surface area contributed by atoms with Crippen LogP contribution in [0.5, 0.6) is 0 Å². The van der Waals surface area contributed by atoms with Gasteiger partial charge >= 0.3 is 0 Å². The molecular weight excluding hydrogens is 286 g/mol. The van der Waals surface area contributed by atoms with Gasteiger partial charge in [0.15, 0.2) is 0 Å². The molecule has 22 heavy (non-hydrogen) atoms. The van der Waals surface area contributed by atoms with Gasteiger partial charge in [-0.1, -0.05) is 36.9 Å². The quantitative estimate of drug-likeness (QED) is 0.409. The molecule has 0 spiro atoms. The summed E-state index contributed by atoms with van der Waals surface area (Å²) in [5.74, 6) is 0. The average Bonchev–Trinajstić information content (AvgIpc) is 2.53. The van der Waals surface area contributed by atoms with Gasteiger partial charge in [-0.05, 0) is 18.2 Å². The molecule has 0 aliphatic rings. The lowest BCUT2D eigenvalue weighted by Gasteiger charge is -2.28. The van der Waals surface area contributed by atoms with Crippen LogP contribution < -0.4 is 0 Å². The summed E-state index contributed by atoms with van der Waals surface area (Å²) in [6, 6.07) is 7.76. The lowest BCUT2D eigenvalue weighted by atomic mass is 10.0. The summed E-state index contributed by atoms with van der Waals surface area (Å²) >= 11 is 0. The van der Waals surface area contributed by atoms with Gasteiger partial charge in [0.1, 0.15) is 18.3 Å². The number of likely N-dealkylation sites (N-methyl/N-ethyl adjacent to an activating group) is 1. The smallest absolute Gasteiger partial charge is 0.111 e. The Hall–Kier alpha value is -1.28. The van der Waals surface area contributed by atoms with Crippen molar-refractivity contribution in [3.8, 4) is 0 Å². The monoisotopic (exact) mass is 311 g/mol. The summed E-state index contributed by atoms with van der Waals surface area (Å²) in [7, 11) is 1.77. The number of rotatable bonds is 9. The highest BCUT2D eigenvalue weighted by Crippen LogP contribution is 2.10. The molecule has 0 unspecified atom stereocenters. The van der Waals surface area contributed by atoms with E-state index in [9.17, 15) is 20.4 Å². The maximum Gasteiger partial charge on any atom is 0.111 e. The number of benzene rings is 1. The van der Waals surface area contributed by atoms with E-state index >= 15 is 0 Å². The normalized spacial score (nSPS) is 17.0. The first kappa shape index (κ1) is 18.8. The van der Waals surface area contributed by atoms with E-state index in [-0.39, 0.29) is 6.54 Å². The fourth-order valence-electron chi connectivity index (χ4n) is 2.13. The van der Waals surface area contributed by atoms with E-state index in [2.05, 4.69) is 6.58 Å². The lowest BCUT2D eigenvalue weighted by Crippen LogP contribution is -2.49. The van der Waals surface area contributed by atoms with E-state index in [0.29, 0.717) is 6.54 Å². The summed E-state index contributed by atoms with van der Waals surface area (Å²) in [4.78, 5) is 1.79. The topological polar surface area (TPSA) is 104 Å². The number of aliphatic hydroxyl groups excluding tert-OH is 5. The van der Waals surface area contributed by atoms with Crippen molar-refractivity contribution in [1.29, 1.82) is 0 Å². The van der Waals surface area contributed by atoms with Crippen molar-refractivity contribution in [2.75, 3.05) is 20.2 Å². The van der Waals surface area contributed by atoms with Gasteiger partial charge in [0, 0.05) is 13.1 Å². The van der Waals surface area contributed by atoms with Crippen LogP contribution in [0.2, 0.25) is 0 Å². The minimum atomic E-state index is -1.60. The van der Waals surface area contributed by atoms with Crippen molar-refractivity contribution in [2.24, 2.45) is 0 Å². The molecular formula is C16H25NO5. The van der Waals surface area contributed by atoms with Crippen LogP contribution in [-0.2, 0) is 6.54 Å². The van der Waals surface area contributed by atoms with Gasteiger partial charge in [-0.3, -0.25) is 4.90 Å². The number of nitrogens with zero attached hydrogens (tertiary/aromatic N) is 1. The summed E-state index contributed by atoms with van der Waals surface area (Å²) in [6.07, 6.45) is -4.11. The molecule has 0 amide bonds. The van der Waals surface area contributed by atoms with Crippen LogP contribution in [0.1, 0.15) is 11.1 Å². The Morgan fingerprint density at radius 2 is 1.59 bits per heavy atom. The van der Waals surface area contributed by atoms with Crippen LogP contribution >= 0.6 is 0 Å². The molecule has 5 N–H and O–H groups in total. The van der Waals surface area contributed by atoms with Gasteiger partial charge in [0.2, 0.25) is 0 Å². The van der Waals surface area contributed by atoms with Gasteiger partial charge in [-0.25, -0.2) is 0 Å². The van der Waals surface area contributed by atoms with E-state index in [1.807, 2.05) is 24.3 Å². The molecule has 0 aliphatic heterocycles. The fourth-order valence-corrected chi connectivity index (χ4v) is 2.13. The molecule has 0 saturated heterocycles. The average molecular weight is 311 g/mol. The third kappa shape index (κ3) is 5.49. The summed E-state index contributed by atoms with van der Waals surface area (Å²) in [6.45, 7) is 3.67. The van der Waals surface area contributed by atoms with Crippen molar-refractivity contribution in [1.82, 2.24) is 4.90 Å². The number of hydrogen-bond acceptors (Lipinski definition) is 6. The van der Waals surface area contributed by atoms with Crippen LogP contribution in [0.15, 0.2) is 30.8 Å². The summed E-state index contributed by atoms with van der Waals surface area (Å²) in [5, 5.41) is 47.2. The number of aliphatic hydroxyl groups is 5. The van der Waals surface area contributed by atoms with Gasteiger partial charge in [-0.15, -0.1) is 0 Å². The molecule has 0 heterocycles. The highest BCUT2D eigenvalue weighted by molar-refractivity contribution is 5.47. The van der Waals surface area contributed by atoms with Crippen molar-refractivity contribution in [3.63, 3.8) is 0 Å². The molecule has 6 heteroatoms. The molecule has 1 aromatic carbocycles. The Morgan fingerprint density at radius 1 is 1.05 bits per heavy atom. The first-order valence-electron chi connectivity index (χ1n) is 7.12. The Labute approximate surface area is 130 Å². The fraction of sp³-hybridized carbons (Fsp3) is 0.500. The first-order valence-corrected chi connectivity index (χ1v) is 7.12. The van der Waals surface area contributed by atoms with Gasteiger partial charge in [0.25, 0.3) is 0 Å². The number of hydrogen-bond donors (Lipinski definition) is 5. The van der Waals surface area contributed by atoms with Crippen molar-refractivity contribution < 1.29 is 25.5 Å². The summed E-state index contributed by atoms with van der Waals surface area (Å²) in [5.41, 5.74) is 2.05. The Kier molecular flexibility index (Phi) is 7.67. The molecule has 1 rings (SSSR count). The molecule has 4 atom stereocenters. The second-order valence-corrected chi connectivity index (χ2v) is 5.44. The largest absolute Gasteiger partial charge is 0.394 e. The highest BCUT2D eigenvalue weighted by atomic mass is 16.4. The van der Waals surface area contributed by atoms with Crippen LogP contribution in [-0.4, -0.2) is 75.0 Å². The zero-order chi connectivity index (χ0) is 16.7. The van der Waals surface area contributed by atoms with E-state index in [0.717, 1.165) is 11.1 Å². The lowest BCUT2D eigenvalue weighted by molar-refractivity contribution is -0.118. The first-order chi connectivity index (χ1) is 10.4. The molecule has 0 saturated carbocycles. The summed E-state index contributed by atoms with van der Waals surface area (Å²) < 4.78 is 0.